The molecule has 0 aromatic heterocycles. The van der Waals surface area contributed by atoms with Crippen molar-refractivity contribution >= 4 is 11.6 Å². The molecule has 4 nitrogen and oxygen atoms in total. The first-order valence-electron chi connectivity index (χ1n) is 7.12. The predicted octanol–water partition coefficient (Wildman–Crippen LogP) is 2.06. The van der Waals surface area contributed by atoms with Gasteiger partial charge in [0.2, 0.25) is 0 Å². The number of anilines is 1. The van der Waals surface area contributed by atoms with Gasteiger partial charge in [-0.15, -0.1) is 0 Å². The maximum Gasteiger partial charge on any atom is 0.190 e. The van der Waals surface area contributed by atoms with Gasteiger partial charge in [0.1, 0.15) is 0 Å². The van der Waals surface area contributed by atoms with Crippen LogP contribution >= 0.6 is 0 Å². The minimum atomic E-state index is 0.873. The van der Waals surface area contributed by atoms with Crippen LogP contribution in [0.15, 0.2) is 35.3 Å². The van der Waals surface area contributed by atoms with E-state index in [1.54, 1.807) is 0 Å². The molecule has 0 amide bonds. The highest BCUT2D eigenvalue weighted by Crippen LogP contribution is 2.27. The number of guanidine groups is 1. The van der Waals surface area contributed by atoms with Gasteiger partial charge in [0.25, 0.3) is 0 Å². The van der Waals surface area contributed by atoms with Crippen LogP contribution in [-0.4, -0.2) is 32.6 Å². The van der Waals surface area contributed by atoms with Gasteiger partial charge in [0.15, 0.2) is 5.96 Å². The third kappa shape index (κ3) is 5.64. The van der Waals surface area contributed by atoms with Crippen molar-refractivity contribution in [2.75, 3.05) is 32.0 Å². The van der Waals surface area contributed by atoms with Crippen LogP contribution in [0.4, 0.5) is 5.69 Å². The molecule has 1 aromatic rings. The first kappa shape index (κ1) is 13.7. The van der Waals surface area contributed by atoms with Crippen molar-refractivity contribution in [2.24, 2.45) is 10.9 Å². The molecule has 19 heavy (non-hydrogen) atoms. The number of benzene rings is 1. The number of nitrogens with one attached hydrogen (secondary N) is 3. The number of rotatable bonds is 7. The van der Waals surface area contributed by atoms with Crippen molar-refractivity contribution in [3.8, 4) is 0 Å². The van der Waals surface area contributed by atoms with E-state index in [4.69, 9.17) is 0 Å². The van der Waals surface area contributed by atoms with Crippen LogP contribution in [0.1, 0.15) is 19.3 Å². The van der Waals surface area contributed by atoms with Gasteiger partial charge in [-0.05, 0) is 37.3 Å². The zero-order valence-corrected chi connectivity index (χ0v) is 11.7. The molecule has 1 aliphatic carbocycles. The Hall–Kier alpha value is -1.71. The minimum Gasteiger partial charge on any atom is -0.385 e. The summed E-state index contributed by atoms with van der Waals surface area (Å²) in [5.41, 5.74) is 1.18. The van der Waals surface area contributed by atoms with E-state index in [0.29, 0.717) is 0 Å². The normalized spacial score (nSPS) is 15.1. The standard InChI is InChI=1S/C15H24N4/c1-16-15(19-12-13-8-9-13)18-11-5-10-17-14-6-3-2-4-7-14/h2-4,6-7,13,17H,5,8-12H2,1H3,(H2,16,18,19). The molecule has 1 aromatic carbocycles. The maximum atomic E-state index is 4.22. The zero-order valence-electron chi connectivity index (χ0n) is 11.7. The van der Waals surface area contributed by atoms with Crippen LogP contribution in [0.25, 0.3) is 0 Å². The van der Waals surface area contributed by atoms with E-state index in [-0.39, 0.29) is 0 Å². The monoisotopic (exact) mass is 260 g/mol. The number of hydrogen-bond acceptors (Lipinski definition) is 2. The van der Waals surface area contributed by atoms with E-state index >= 15 is 0 Å². The molecule has 3 N–H and O–H groups in total. The molecule has 0 saturated heterocycles. The summed E-state index contributed by atoms with van der Waals surface area (Å²) in [5, 5.41) is 10.1. The quantitative estimate of drug-likeness (QED) is 0.399. The maximum absolute atomic E-state index is 4.22. The van der Waals surface area contributed by atoms with Crippen molar-refractivity contribution < 1.29 is 0 Å². The van der Waals surface area contributed by atoms with Gasteiger partial charge in [-0.2, -0.15) is 0 Å². The van der Waals surface area contributed by atoms with Gasteiger partial charge in [0.05, 0.1) is 0 Å². The minimum absolute atomic E-state index is 0.873. The lowest BCUT2D eigenvalue weighted by Crippen LogP contribution is -2.39. The van der Waals surface area contributed by atoms with Crippen LogP contribution in [0.2, 0.25) is 0 Å². The Morgan fingerprint density at radius 3 is 2.63 bits per heavy atom. The molecule has 1 saturated carbocycles. The van der Waals surface area contributed by atoms with Crippen LogP contribution in [0, 0.1) is 5.92 Å². The summed E-state index contributed by atoms with van der Waals surface area (Å²) >= 11 is 0. The van der Waals surface area contributed by atoms with Gasteiger partial charge < -0.3 is 16.0 Å². The average molecular weight is 260 g/mol. The van der Waals surface area contributed by atoms with E-state index in [2.05, 4.69) is 33.1 Å². The van der Waals surface area contributed by atoms with E-state index < -0.39 is 0 Å². The number of nitrogens with zero attached hydrogens (tertiary/aromatic N) is 1. The Morgan fingerprint density at radius 2 is 1.95 bits per heavy atom. The summed E-state index contributed by atoms with van der Waals surface area (Å²) in [7, 11) is 1.82. The van der Waals surface area contributed by atoms with E-state index in [0.717, 1.165) is 37.9 Å². The number of hydrogen-bond donors (Lipinski definition) is 3. The molecule has 2 rings (SSSR count). The highest BCUT2D eigenvalue weighted by molar-refractivity contribution is 5.79. The first-order chi connectivity index (χ1) is 9.38. The van der Waals surface area contributed by atoms with Crippen molar-refractivity contribution in [3.05, 3.63) is 30.3 Å². The lowest BCUT2D eigenvalue weighted by atomic mass is 10.3. The Bertz CT molecular complexity index is 384. The lowest BCUT2D eigenvalue weighted by Gasteiger charge is -2.12. The summed E-state index contributed by atoms with van der Waals surface area (Å²) < 4.78 is 0. The molecule has 0 spiro atoms. The van der Waals surface area contributed by atoms with Gasteiger partial charge in [0, 0.05) is 32.4 Å². The summed E-state index contributed by atoms with van der Waals surface area (Å²) in [6.07, 6.45) is 3.80. The van der Waals surface area contributed by atoms with Crippen LogP contribution in [-0.2, 0) is 0 Å². The fourth-order valence-electron chi connectivity index (χ4n) is 1.87. The summed E-state index contributed by atoms with van der Waals surface area (Å²) in [4.78, 5) is 4.22. The van der Waals surface area contributed by atoms with Crippen molar-refractivity contribution in [2.45, 2.75) is 19.3 Å². The molecule has 0 heterocycles. The molecule has 0 radical (unpaired) electrons. The topological polar surface area (TPSA) is 48.5 Å². The molecule has 0 bridgehead atoms. The number of aliphatic imine (C=N–C) groups is 1. The van der Waals surface area contributed by atoms with Gasteiger partial charge in [-0.1, -0.05) is 18.2 Å². The Morgan fingerprint density at radius 1 is 1.16 bits per heavy atom. The molecule has 0 unspecified atom stereocenters. The predicted molar refractivity (Wildman–Crippen MR) is 81.6 cm³/mol. The smallest absolute Gasteiger partial charge is 0.190 e. The second-order valence-electron chi connectivity index (χ2n) is 4.97. The molecule has 1 aliphatic rings. The van der Waals surface area contributed by atoms with E-state index in [9.17, 15) is 0 Å². The second kappa shape index (κ2) is 7.67. The van der Waals surface area contributed by atoms with Crippen LogP contribution < -0.4 is 16.0 Å². The lowest BCUT2D eigenvalue weighted by molar-refractivity contribution is 0.723. The van der Waals surface area contributed by atoms with Crippen molar-refractivity contribution in [1.29, 1.82) is 0 Å². The first-order valence-corrected chi connectivity index (χ1v) is 7.12. The molecule has 4 heteroatoms. The molecule has 0 atom stereocenters. The molecule has 1 fully saturated rings. The molecular weight excluding hydrogens is 236 g/mol. The molecule has 0 aliphatic heterocycles. The third-order valence-electron chi connectivity index (χ3n) is 3.23. The van der Waals surface area contributed by atoms with E-state index in [1.807, 2.05) is 25.2 Å². The van der Waals surface area contributed by atoms with Crippen molar-refractivity contribution in [3.63, 3.8) is 0 Å². The van der Waals surface area contributed by atoms with Crippen molar-refractivity contribution in [1.82, 2.24) is 10.6 Å². The Kier molecular flexibility index (Phi) is 5.53. The Balaban J connectivity index is 1.52. The molecule has 104 valence electrons. The fraction of sp³-hybridized carbons (Fsp3) is 0.533. The van der Waals surface area contributed by atoms with E-state index in [1.165, 1.54) is 18.5 Å². The zero-order chi connectivity index (χ0) is 13.3. The fourth-order valence-corrected chi connectivity index (χ4v) is 1.87. The summed E-state index contributed by atoms with van der Waals surface area (Å²) in [6, 6.07) is 10.3. The second-order valence-corrected chi connectivity index (χ2v) is 4.97. The SMILES string of the molecule is CN=C(NCCCNc1ccccc1)NCC1CC1. The largest absolute Gasteiger partial charge is 0.385 e. The third-order valence-corrected chi connectivity index (χ3v) is 3.23. The Labute approximate surface area is 115 Å². The van der Waals surface area contributed by atoms with Gasteiger partial charge in [-0.25, -0.2) is 0 Å². The van der Waals surface area contributed by atoms with Gasteiger partial charge in [-0.3, -0.25) is 4.99 Å². The summed E-state index contributed by atoms with van der Waals surface area (Å²) in [5.74, 6) is 1.80. The summed E-state index contributed by atoms with van der Waals surface area (Å²) in [6.45, 7) is 2.96. The number of para-hydroxylation sites is 1. The average Bonchev–Trinajstić information content (AvgIpc) is 3.27. The van der Waals surface area contributed by atoms with Crippen LogP contribution in [0.5, 0.6) is 0 Å². The van der Waals surface area contributed by atoms with Crippen LogP contribution in [0.3, 0.4) is 0 Å². The highest BCUT2D eigenvalue weighted by atomic mass is 15.2. The highest BCUT2D eigenvalue weighted by Gasteiger charge is 2.20. The van der Waals surface area contributed by atoms with Gasteiger partial charge >= 0.3 is 0 Å². The molecular formula is C15H24N4.